The first-order valence-corrected chi connectivity index (χ1v) is 11.2. The summed E-state index contributed by atoms with van der Waals surface area (Å²) in [7, 11) is -1.19. The summed E-state index contributed by atoms with van der Waals surface area (Å²) in [5.41, 5.74) is 3.04. The average molecular weight is 431 g/mol. The van der Waals surface area contributed by atoms with Gasteiger partial charge in [0.05, 0.1) is 22.2 Å². The molecule has 0 aliphatic rings. The van der Waals surface area contributed by atoms with Crippen LogP contribution in [0.2, 0.25) is 0 Å². The lowest BCUT2D eigenvalue weighted by Gasteiger charge is -2.05. The van der Waals surface area contributed by atoms with Crippen molar-refractivity contribution in [2.24, 2.45) is 0 Å². The molecule has 4 rings (SSSR count). The van der Waals surface area contributed by atoms with E-state index >= 15 is 0 Å². The van der Waals surface area contributed by atoms with Crippen molar-refractivity contribution in [3.05, 3.63) is 108 Å². The van der Waals surface area contributed by atoms with Crippen LogP contribution >= 0.6 is 0 Å². The molecular formula is C25H22N2O3S. The highest BCUT2D eigenvalue weighted by Gasteiger charge is 2.15. The Morgan fingerprint density at radius 2 is 1.58 bits per heavy atom. The zero-order valence-electron chi connectivity index (χ0n) is 17.1. The normalized spacial score (nSPS) is 11.8. The number of aryl methyl sites for hydroxylation is 1. The number of nitrogens with zero attached hydrogens (tertiary/aromatic N) is 1. The van der Waals surface area contributed by atoms with Gasteiger partial charge in [-0.3, -0.25) is 9.00 Å². The molecule has 31 heavy (non-hydrogen) atoms. The van der Waals surface area contributed by atoms with Gasteiger partial charge in [0.15, 0.2) is 0 Å². The van der Waals surface area contributed by atoms with E-state index in [4.69, 9.17) is 4.42 Å². The minimum absolute atomic E-state index is 0.141. The lowest BCUT2D eigenvalue weighted by Crippen LogP contribution is -2.22. The number of oxazole rings is 1. The quantitative estimate of drug-likeness (QED) is 0.453. The Balaban J connectivity index is 1.42. The van der Waals surface area contributed by atoms with Crippen LogP contribution in [0.15, 0.2) is 94.2 Å². The van der Waals surface area contributed by atoms with Crippen LogP contribution in [0, 0.1) is 6.92 Å². The van der Waals surface area contributed by atoms with Crippen LogP contribution in [0.4, 0.5) is 0 Å². The standard InChI is InChI=1S/C25H22N2O3S/c1-18-23(17-31(29)22-10-6-3-7-11-22)27-25(30-18)21-14-12-20(13-15-21)24(28)26-16-19-8-4-2-5-9-19/h2-15H,16-17H2,1H3,(H,26,28)/t31-/m1/s1. The minimum Gasteiger partial charge on any atom is -0.441 e. The molecule has 0 saturated heterocycles. The lowest BCUT2D eigenvalue weighted by atomic mass is 10.1. The number of carbonyl (C=O) groups excluding carboxylic acids is 1. The van der Waals surface area contributed by atoms with E-state index in [1.165, 1.54) is 0 Å². The SMILES string of the molecule is Cc1oc(-c2ccc(C(=O)NCc3ccccc3)cc2)nc1C[S@@](=O)c1ccccc1. The molecule has 0 spiro atoms. The average Bonchev–Trinajstić information content (AvgIpc) is 3.19. The van der Waals surface area contributed by atoms with Crippen molar-refractivity contribution >= 4 is 16.7 Å². The summed E-state index contributed by atoms with van der Waals surface area (Å²) in [5, 5.41) is 2.91. The number of rotatable bonds is 7. The van der Waals surface area contributed by atoms with E-state index in [9.17, 15) is 9.00 Å². The maximum atomic E-state index is 12.6. The van der Waals surface area contributed by atoms with E-state index in [2.05, 4.69) is 10.3 Å². The Kier molecular flexibility index (Phi) is 6.38. The number of nitrogens with one attached hydrogen (secondary N) is 1. The summed E-state index contributed by atoms with van der Waals surface area (Å²) in [6.07, 6.45) is 0. The molecular weight excluding hydrogens is 408 g/mol. The number of amides is 1. The maximum absolute atomic E-state index is 12.6. The molecule has 0 aliphatic heterocycles. The Hall–Kier alpha value is -3.51. The molecule has 4 aromatic rings. The van der Waals surface area contributed by atoms with Gasteiger partial charge in [-0.15, -0.1) is 0 Å². The van der Waals surface area contributed by atoms with E-state index in [-0.39, 0.29) is 5.91 Å². The van der Waals surface area contributed by atoms with Crippen LogP contribution in [0.3, 0.4) is 0 Å². The topological polar surface area (TPSA) is 72.2 Å². The van der Waals surface area contributed by atoms with Gasteiger partial charge in [-0.25, -0.2) is 4.98 Å². The van der Waals surface area contributed by atoms with Gasteiger partial charge >= 0.3 is 0 Å². The van der Waals surface area contributed by atoms with Gasteiger partial charge in [0.1, 0.15) is 5.76 Å². The van der Waals surface area contributed by atoms with Crippen molar-refractivity contribution in [2.45, 2.75) is 24.1 Å². The molecule has 1 aromatic heterocycles. The molecule has 0 aliphatic carbocycles. The van der Waals surface area contributed by atoms with Crippen molar-refractivity contribution in [3.8, 4) is 11.5 Å². The van der Waals surface area contributed by atoms with Crippen molar-refractivity contribution in [3.63, 3.8) is 0 Å². The van der Waals surface area contributed by atoms with Gasteiger partial charge in [-0.1, -0.05) is 48.5 Å². The second kappa shape index (κ2) is 9.53. The monoisotopic (exact) mass is 430 g/mol. The van der Waals surface area contributed by atoms with E-state index < -0.39 is 10.8 Å². The smallest absolute Gasteiger partial charge is 0.251 e. The second-order valence-corrected chi connectivity index (χ2v) is 8.52. The molecule has 1 heterocycles. The Morgan fingerprint density at radius 1 is 0.935 bits per heavy atom. The lowest BCUT2D eigenvalue weighted by molar-refractivity contribution is 0.0951. The van der Waals surface area contributed by atoms with Crippen LogP contribution in [-0.2, 0) is 23.1 Å². The fourth-order valence-corrected chi connectivity index (χ4v) is 4.25. The summed E-state index contributed by atoms with van der Waals surface area (Å²) in [4.78, 5) is 17.7. The van der Waals surface area contributed by atoms with Crippen molar-refractivity contribution in [1.82, 2.24) is 10.3 Å². The summed E-state index contributed by atoms with van der Waals surface area (Å²) < 4.78 is 18.4. The highest BCUT2D eigenvalue weighted by Crippen LogP contribution is 2.24. The van der Waals surface area contributed by atoms with E-state index in [0.29, 0.717) is 35.2 Å². The van der Waals surface area contributed by atoms with Crippen molar-refractivity contribution < 1.29 is 13.4 Å². The molecule has 1 atom stereocenters. The Bertz CT molecular complexity index is 1190. The summed E-state index contributed by atoms with van der Waals surface area (Å²) in [6, 6.07) is 26.2. The van der Waals surface area contributed by atoms with Crippen LogP contribution in [-0.4, -0.2) is 15.1 Å². The largest absolute Gasteiger partial charge is 0.441 e. The first-order valence-electron chi connectivity index (χ1n) is 9.92. The minimum atomic E-state index is -1.19. The van der Waals surface area contributed by atoms with E-state index in [1.54, 1.807) is 24.3 Å². The van der Waals surface area contributed by atoms with Gasteiger partial charge in [-0.05, 0) is 48.9 Å². The van der Waals surface area contributed by atoms with Crippen LogP contribution in [0.25, 0.3) is 11.5 Å². The fourth-order valence-electron chi connectivity index (χ4n) is 3.11. The van der Waals surface area contributed by atoms with E-state index in [1.807, 2.05) is 67.6 Å². The highest BCUT2D eigenvalue weighted by atomic mass is 32.2. The predicted molar refractivity (Wildman–Crippen MR) is 121 cm³/mol. The van der Waals surface area contributed by atoms with Crippen molar-refractivity contribution in [1.29, 1.82) is 0 Å². The molecule has 5 nitrogen and oxygen atoms in total. The number of carbonyl (C=O) groups is 1. The first-order chi connectivity index (χ1) is 15.1. The summed E-state index contributed by atoms with van der Waals surface area (Å²) >= 11 is 0. The number of hydrogen-bond acceptors (Lipinski definition) is 4. The molecule has 156 valence electrons. The first kappa shape index (κ1) is 20.8. The molecule has 6 heteroatoms. The highest BCUT2D eigenvalue weighted by molar-refractivity contribution is 7.84. The second-order valence-electron chi connectivity index (χ2n) is 7.07. The molecule has 0 radical (unpaired) electrons. The molecule has 0 bridgehead atoms. The molecule has 0 fully saturated rings. The van der Waals surface area contributed by atoms with Gasteiger partial charge < -0.3 is 9.73 Å². The number of benzene rings is 3. The molecule has 0 unspecified atom stereocenters. The predicted octanol–water partition coefficient (Wildman–Crippen LogP) is 4.89. The fraction of sp³-hybridized carbons (Fsp3) is 0.120. The van der Waals surface area contributed by atoms with Crippen LogP contribution in [0.5, 0.6) is 0 Å². The van der Waals surface area contributed by atoms with E-state index in [0.717, 1.165) is 16.0 Å². The third-order valence-corrected chi connectivity index (χ3v) is 6.19. The Labute approximate surface area is 183 Å². The number of aromatic nitrogens is 1. The van der Waals surface area contributed by atoms with Gasteiger partial charge in [-0.2, -0.15) is 0 Å². The summed E-state index contributed by atoms with van der Waals surface area (Å²) in [5.74, 6) is 1.25. The third kappa shape index (κ3) is 5.16. The molecule has 1 amide bonds. The zero-order chi connectivity index (χ0) is 21.6. The Morgan fingerprint density at radius 3 is 2.26 bits per heavy atom. The maximum Gasteiger partial charge on any atom is 0.251 e. The molecule has 1 N–H and O–H groups in total. The van der Waals surface area contributed by atoms with Gasteiger partial charge in [0.25, 0.3) is 5.91 Å². The molecule has 3 aromatic carbocycles. The summed E-state index contributed by atoms with van der Waals surface area (Å²) in [6.45, 7) is 2.29. The van der Waals surface area contributed by atoms with Gasteiger partial charge in [0, 0.05) is 22.6 Å². The van der Waals surface area contributed by atoms with Crippen molar-refractivity contribution in [2.75, 3.05) is 0 Å². The van der Waals surface area contributed by atoms with Crippen LogP contribution in [0.1, 0.15) is 27.4 Å². The molecule has 0 saturated carbocycles. The zero-order valence-corrected chi connectivity index (χ0v) is 17.9. The third-order valence-electron chi connectivity index (χ3n) is 4.86. The number of hydrogen-bond donors (Lipinski definition) is 1. The van der Waals surface area contributed by atoms with Crippen LogP contribution < -0.4 is 5.32 Å². The van der Waals surface area contributed by atoms with Gasteiger partial charge in [0.2, 0.25) is 5.89 Å².